The minimum absolute atomic E-state index is 0.352. The molecule has 2 saturated heterocycles. The van der Waals surface area contributed by atoms with Crippen molar-refractivity contribution in [2.24, 2.45) is 5.92 Å². The van der Waals surface area contributed by atoms with Crippen LogP contribution in [0.3, 0.4) is 0 Å². The second-order valence-corrected chi connectivity index (χ2v) is 6.21. The van der Waals surface area contributed by atoms with Gasteiger partial charge in [-0.25, -0.2) is 0 Å². The number of nitrogens with one attached hydrogen (secondary N) is 1. The van der Waals surface area contributed by atoms with E-state index in [-0.39, 0.29) is 0 Å². The lowest BCUT2D eigenvalue weighted by Crippen LogP contribution is -2.40. The molecule has 3 heterocycles. The zero-order valence-corrected chi connectivity index (χ0v) is 12.0. The molecule has 3 atom stereocenters. The fourth-order valence-electron chi connectivity index (χ4n) is 3.78. The molecule has 3 aliphatic rings. The predicted octanol–water partition coefficient (Wildman–Crippen LogP) is 2.16. The summed E-state index contributed by atoms with van der Waals surface area (Å²) in [7, 11) is 0. The maximum absolute atomic E-state index is 5.49. The first-order valence-electron chi connectivity index (χ1n) is 7.68. The number of fused-ring (bicyclic) bond motifs is 2. The van der Waals surface area contributed by atoms with Crippen molar-refractivity contribution in [3.63, 3.8) is 0 Å². The molecule has 1 unspecified atom stereocenters. The Kier molecular flexibility index (Phi) is 3.08. The molecule has 2 fully saturated rings. The van der Waals surface area contributed by atoms with E-state index in [1.807, 2.05) is 6.07 Å². The van der Waals surface area contributed by atoms with Crippen molar-refractivity contribution in [3.05, 3.63) is 23.8 Å². The van der Waals surface area contributed by atoms with E-state index in [1.165, 1.54) is 38.0 Å². The average molecular weight is 274 g/mol. The monoisotopic (exact) mass is 274 g/mol. The van der Waals surface area contributed by atoms with Crippen LogP contribution in [0, 0.1) is 5.92 Å². The molecule has 0 spiro atoms. The van der Waals surface area contributed by atoms with Crippen LogP contribution >= 0.6 is 0 Å². The van der Waals surface area contributed by atoms with Crippen LogP contribution in [-0.4, -0.2) is 37.4 Å². The van der Waals surface area contributed by atoms with Gasteiger partial charge in [0.1, 0.15) is 0 Å². The van der Waals surface area contributed by atoms with Gasteiger partial charge in [-0.15, -0.1) is 0 Å². The van der Waals surface area contributed by atoms with Gasteiger partial charge in [0.2, 0.25) is 6.79 Å². The number of hydrogen-bond acceptors (Lipinski definition) is 4. The maximum atomic E-state index is 5.49. The molecule has 0 amide bonds. The molecule has 4 nitrogen and oxygen atoms in total. The van der Waals surface area contributed by atoms with Crippen LogP contribution in [0.5, 0.6) is 11.5 Å². The highest BCUT2D eigenvalue weighted by molar-refractivity contribution is 5.45. The molecule has 108 valence electrons. The van der Waals surface area contributed by atoms with E-state index in [0.29, 0.717) is 18.9 Å². The Bertz CT molecular complexity index is 491. The summed E-state index contributed by atoms with van der Waals surface area (Å²) in [6, 6.07) is 7.49. The van der Waals surface area contributed by atoms with Crippen molar-refractivity contribution in [3.8, 4) is 11.5 Å². The third-order valence-electron chi connectivity index (χ3n) is 5.05. The Labute approximate surface area is 120 Å². The summed E-state index contributed by atoms with van der Waals surface area (Å²) < 4.78 is 10.9. The fraction of sp³-hybridized carbons (Fsp3) is 0.625. The molecule has 20 heavy (non-hydrogen) atoms. The van der Waals surface area contributed by atoms with Gasteiger partial charge < -0.3 is 14.8 Å². The van der Waals surface area contributed by atoms with Crippen molar-refractivity contribution < 1.29 is 9.47 Å². The summed E-state index contributed by atoms with van der Waals surface area (Å²) >= 11 is 0. The molecule has 1 aromatic rings. The molecule has 3 aliphatic heterocycles. The van der Waals surface area contributed by atoms with Gasteiger partial charge in [-0.05, 0) is 49.9 Å². The first kappa shape index (κ1) is 12.5. The molecule has 0 saturated carbocycles. The Balaban J connectivity index is 1.51. The Hall–Kier alpha value is -1.26. The molecular formula is C16H22N2O2. The fourth-order valence-corrected chi connectivity index (χ4v) is 3.78. The summed E-state index contributed by atoms with van der Waals surface area (Å²) in [6.07, 6.45) is 2.70. The number of benzene rings is 1. The quantitative estimate of drug-likeness (QED) is 0.896. The van der Waals surface area contributed by atoms with E-state index in [9.17, 15) is 0 Å². The Morgan fingerprint density at radius 3 is 3.05 bits per heavy atom. The predicted molar refractivity (Wildman–Crippen MR) is 77.1 cm³/mol. The smallest absolute Gasteiger partial charge is 0.231 e. The molecule has 0 aliphatic carbocycles. The van der Waals surface area contributed by atoms with Crippen molar-refractivity contribution in [2.75, 3.05) is 26.4 Å². The van der Waals surface area contributed by atoms with E-state index in [1.54, 1.807) is 0 Å². The number of ether oxygens (including phenoxy) is 2. The van der Waals surface area contributed by atoms with E-state index >= 15 is 0 Å². The number of piperidine rings is 1. The maximum Gasteiger partial charge on any atom is 0.231 e. The first-order valence-corrected chi connectivity index (χ1v) is 7.68. The van der Waals surface area contributed by atoms with Crippen LogP contribution in [-0.2, 0) is 0 Å². The second kappa shape index (κ2) is 4.93. The van der Waals surface area contributed by atoms with Crippen LogP contribution in [0.15, 0.2) is 18.2 Å². The first-order chi connectivity index (χ1) is 9.81. The molecule has 0 aromatic heterocycles. The summed E-state index contributed by atoms with van der Waals surface area (Å²) in [6.45, 7) is 6.22. The van der Waals surface area contributed by atoms with Crippen LogP contribution in [0.1, 0.15) is 31.4 Å². The van der Waals surface area contributed by atoms with Crippen molar-refractivity contribution in [1.82, 2.24) is 10.2 Å². The highest BCUT2D eigenvalue weighted by Gasteiger charge is 2.36. The number of nitrogens with zero attached hydrogens (tertiary/aromatic N) is 1. The van der Waals surface area contributed by atoms with Crippen LogP contribution in [0.2, 0.25) is 0 Å². The number of likely N-dealkylation sites (tertiary alicyclic amines) is 1. The van der Waals surface area contributed by atoms with Crippen LogP contribution in [0.4, 0.5) is 0 Å². The van der Waals surface area contributed by atoms with Crippen molar-refractivity contribution in [1.29, 1.82) is 0 Å². The summed E-state index contributed by atoms with van der Waals surface area (Å²) in [5.41, 5.74) is 1.33. The highest BCUT2D eigenvalue weighted by Crippen LogP contribution is 2.37. The van der Waals surface area contributed by atoms with E-state index in [4.69, 9.17) is 9.47 Å². The van der Waals surface area contributed by atoms with Gasteiger partial charge >= 0.3 is 0 Å². The number of hydrogen-bond donors (Lipinski definition) is 1. The summed E-state index contributed by atoms with van der Waals surface area (Å²) in [4.78, 5) is 2.60. The lowest BCUT2D eigenvalue weighted by molar-refractivity contribution is 0.173. The lowest BCUT2D eigenvalue weighted by atomic mass is 9.94. The average Bonchev–Trinajstić information content (AvgIpc) is 3.11. The van der Waals surface area contributed by atoms with E-state index < -0.39 is 0 Å². The molecule has 1 aromatic carbocycles. The van der Waals surface area contributed by atoms with Crippen LogP contribution in [0.25, 0.3) is 0 Å². The molecule has 0 bridgehead atoms. The van der Waals surface area contributed by atoms with Gasteiger partial charge in [0.05, 0.1) is 0 Å². The van der Waals surface area contributed by atoms with Gasteiger partial charge in [0.25, 0.3) is 0 Å². The Morgan fingerprint density at radius 2 is 2.15 bits per heavy atom. The van der Waals surface area contributed by atoms with Crippen molar-refractivity contribution in [2.45, 2.75) is 31.8 Å². The zero-order valence-electron chi connectivity index (χ0n) is 12.0. The molecule has 4 rings (SSSR count). The SMILES string of the molecule is CC(c1ccc2c(c1)OCO2)N1C[C@@H]2CCCN[C@@H]2C1. The second-order valence-electron chi connectivity index (χ2n) is 6.21. The van der Waals surface area contributed by atoms with Gasteiger partial charge in [0, 0.05) is 25.2 Å². The van der Waals surface area contributed by atoms with Gasteiger partial charge in [-0.3, -0.25) is 4.90 Å². The van der Waals surface area contributed by atoms with Gasteiger partial charge in [-0.1, -0.05) is 6.07 Å². The topological polar surface area (TPSA) is 33.7 Å². The van der Waals surface area contributed by atoms with Crippen LogP contribution < -0.4 is 14.8 Å². The third kappa shape index (κ3) is 2.07. The highest BCUT2D eigenvalue weighted by atomic mass is 16.7. The summed E-state index contributed by atoms with van der Waals surface area (Å²) in [5, 5.41) is 3.67. The minimum Gasteiger partial charge on any atom is -0.454 e. The van der Waals surface area contributed by atoms with E-state index in [2.05, 4.69) is 29.3 Å². The molecule has 1 N–H and O–H groups in total. The molecular weight excluding hydrogens is 252 g/mol. The van der Waals surface area contributed by atoms with Gasteiger partial charge in [-0.2, -0.15) is 0 Å². The standard InChI is InChI=1S/C16H22N2O2/c1-11(12-4-5-15-16(7-12)20-10-19-15)18-8-13-3-2-6-17-14(13)9-18/h4-5,7,11,13-14,17H,2-3,6,8-10H2,1H3/t11?,13-,14+/m0/s1. The van der Waals surface area contributed by atoms with Gasteiger partial charge in [0.15, 0.2) is 11.5 Å². The lowest BCUT2D eigenvalue weighted by Gasteiger charge is -2.25. The van der Waals surface area contributed by atoms with Crippen molar-refractivity contribution >= 4 is 0 Å². The Morgan fingerprint density at radius 1 is 1.25 bits per heavy atom. The summed E-state index contributed by atoms with van der Waals surface area (Å²) in [5.74, 6) is 2.60. The minimum atomic E-state index is 0.352. The molecule has 0 radical (unpaired) electrons. The molecule has 4 heteroatoms. The number of rotatable bonds is 2. The third-order valence-corrected chi connectivity index (χ3v) is 5.05. The van der Waals surface area contributed by atoms with E-state index in [0.717, 1.165) is 17.4 Å². The zero-order chi connectivity index (χ0) is 13.5. The largest absolute Gasteiger partial charge is 0.454 e. The normalized spacial score (nSPS) is 30.2.